The summed E-state index contributed by atoms with van der Waals surface area (Å²) in [6.45, 7) is 7.94. The first-order valence-corrected chi connectivity index (χ1v) is 5.63. The summed E-state index contributed by atoms with van der Waals surface area (Å²) in [6, 6.07) is 2.29. The zero-order valence-corrected chi connectivity index (χ0v) is 9.93. The van der Waals surface area contributed by atoms with Crippen molar-refractivity contribution in [3.05, 3.63) is 0 Å². The van der Waals surface area contributed by atoms with Crippen LogP contribution < -0.4 is 0 Å². The maximum atomic E-state index is 10.5. The Bertz CT molecular complexity index is 201. The third-order valence-corrected chi connectivity index (χ3v) is 3.31. The first-order valence-electron chi connectivity index (χ1n) is 5.63. The molecule has 2 heteroatoms. The second-order valence-electron chi connectivity index (χ2n) is 4.33. The molecule has 2 nitrogen and oxygen atoms in total. The van der Waals surface area contributed by atoms with Gasteiger partial charge in [0, 0.05) is 0 Å². The van der Waals surface area contributed by atoms with Gasteiger partial charge in [-0.15, -0.1) is 0 Å². The maximum Gasteiger partial charge on any atom is 0.0830 e. The fourth-order valence-electron chi connectivity index (χ4n) is 2.02. The van der Waals surface area contributed by atoms with Crippen LogP contribution in [-0.2, 0) is 0 Å². The highest BCUT2D eigenvalue weighted by atomic mass is 16.3. The van der Waals surface area contributed by atoms with Crippen molar-refractivity contribution in [1.82, 2.24) is 0 Å². The van der Waals surface area contributed by atoms with Crippen molar-refractivity contribution in [2.75, 3.05) is 0 Å². The Morgan fingerprint density at radius 2 is 1.57 bits per heavy atom. The lowest BCUT2D eigenvalue weighted by molar-refractivity contribution is -0.0637. The highest BCUT2D eigenvalue weighted by Gasteiger charge is 2.44. The van der Waals surface area contributed by atoms with E-state index in [0.29, 0.717) is 6.42 Å². The lowest BCUT2D eigenvalue weighted by Crippen LogP contribution is -2.45. The van der Waals surface area contributed by atoms with Crippen molar-refractivity contribution in [3.63, 3.8) is 0 Å². The Kier molecular flexibility index (Phi) is 5.15. The molecule has 0 rings (SSSR count). The van der Waals surface area contributed by atoms with Crippen LogP contribution in [0.25, 0.3) is 0 Å². The van der Waals surface area contributed by atoms with Gasteiger partial charge in [-0.3, -0.25) is 0 Å². The molecule has 0 aliphatic carbocycles. The van der Waals surface area contributed by atoms with E-state index < -0.39 is 11.0 Å². The van der Waals surface area contributed by atoms with Gasteiger partial charge in [0.2, 0.25) is 0 Å². The molecule has 0 aromatic carbocycles. The van der Waals surface area contributed by atoms with Crippen molar-refractivity contribution in [2.24, 2.45) is 5.41 Å². The highest BCUT2D eigenvalue weighted by Crippen LogP contribution is 2.40. The van der Waals surface area contributed by atoms with Crippen molar-refractivity contribution in [1.29, 1.82) is 5.26 Å². The first kappa shape index (κ1) is 13.4. The average Bonchev–Trinajstić information content (AvgIpc) is 2.17. The molecule has 0 bridgehead atoms. The van der Waals surface area contributed by atoms with Crippen molar-refractivity contribution < 1.29 is 5.11 Å². The predicted molar refractivity (Wildman–Crippen MR) is 58.8 cm³/mol. The first-order chi connectivity index (χ1) is 6.49. The molecule has 14 heavy (non-hydrogen) atoms. The monoisotopic (exact) mass is 197 g/mol. The average molecular weight is 197 g/mol. The zero-order valence-electron chi connectivity index (χ0n) is 9.93. The SMILES string of the molecule is CCCC(O)(CCC)C(C)(C#N)CC. The Morgan fingerprint density at radius 3 is 1.79 bits per heavy atom. The minimum absolute atomic E-state index is 0.598. The third kappa shape index (κ3) is 2.48. The standard InChI is InChI=1S/C12H23NO/c1-5-8-12(14,9-6-2)11(4,7-3)10-13/h14H,5-9H2,1-4H3. The van der Waals surface area contributed by atoms with E-state index in [2.05, 4.69) is 6.07 Å². The highest BCUT2D eigenvalue weighted by molar-refractivity contribution is 5.08. The van der Waals surface area contributed by atoms with E-state index in [-0.39, 0.29) is 0 Å². The normalized spacial score (nSPS) is 16.0. The molecule has 0 aromatic heterocycles. The summed E-state index contributed by atoms with van der Waals surface area (Å²) in [5.74, 6) is 0. The number of rotatable bonds is 6. The van der Waals surface area contributed by atoms with Gasteiger partial charge >= 0.3 is 0 Å². The van der Waals surface area contributed by atoms with Crippen LogP contribution in [0, 0.1) is 16.7 Å². The summed E-state index contributed by atoms with van der Waals surface area (Å²) < 4.78 is 0. The van der Waals surface area contributed by atoms with Gasteiger partial charge in [-0.05, 0) is 26.2 Å². The van der Waals surface area contributed by atoms with Crippen molar-refractivity contribution >= 4 is 0 Å². The van der Waals surface area contributed by atoms with Crippen LogP contribution in [0.3, 0.4) is 0 Å². The summed E-state index contributed by atoms with van der Waals surface area (Å²) in [4.78, 5) is 0. The molecule has 0 heterocycles. The zero-order chi connectivity index (χ0) is 11.2. The van der Waals surface area contributed by atoms with Crippen LogP contribution in [0.15, 0.2) is 0 Å². The minimum Gasteiger partial charge on any atom is -0.388 e. The van der Waals surface area contributed by atoms with Gasteiger partial charge in [-0.2, -0.15) is 5.26 Å². The Hall–Kier alpha value is -0.550. The number of aliphatic hydroxyl groups is 1. The van der Waals surface area contributed by atoms with Crippen LogP contribution in [0.5, 0.6) is 0 Å². The number of nitrogens with zero attached hydrogens (tertiary/aromatic N) is 1. The van der Waals surface area contributed by atoms with Crippen LogP contribution in [0.4, 0.5) is 0 Å². The molecule has 1 N–H and O–H groups in total. The van der Waals surface area contributed by atoms with Gasteiger partial charge < -0.3 is 5.11 Å². The molecular weight excluding hydrogens is 174 g/mol. The van der Waals surface area contributed by atoms with E-state index >= 15 is 0 Å². The second kappa shape index (κ2) is 5.36. The Labute approximate surface area is 87.9 Å². The molecule has 1 atom stereocenters. The number of hydrogen-bond acceptors (Lipinski definition) is 2. The summed E-state index contributed by atoms with van der Waals surface area (Å²) >= 11 is 0. The molecule has 0 amide bonds. The molecule has 0 radical (unpaired) electrons. The lowest BCUT2D eigenvalue weighted by Gasteiger charge is -2.40. The van der Waals surface area contributed by atoms with Crippen LogP contribution >= 0.6 is 0 Å². The van der Waals surface area contributed by atoms with Crippen LogP contribution in [0.1, 0.15) is 59.8 Å². The summed E-state index contributed by atoms with van der Waals surface area (Å²) in [5, 5.41) is 19.7. The van der Waals surface area contributed by atoms with Gasteiger partial charge in [0.1, 0.15) is 0 Å². The predicted octanol–water partition coefficient (Wildman–Crippen LogP) is 3.26. The smallest absolute Gasteiger partial charge is 0.0830 e. The molecule has 0 fully saturated rings. The number of nitriles is 1. The largest absolute Gasteiger partial charge is 0.388 e. The minimum atomic E-state index is -0.806. The van der Waals surface area contributed by atoms with Gasteiger partial charge in [0.25, 0.3) is 0 Å². The fourth-order valence-corrected chi connectivity index (χ4v) is 2.02. The van der Waals surface area contributed by atoms with Gasteiger partial charge in [-0.1, -0.05) is 33.6 Å². The summed E-state index contributed by atoms with van der Waals surface area (Å²) in [5.41, 5.74) is -1.40. The van der Waals surface area contributed by atoms with Gasteiger partial charge in [-0.25, -0.2) is 0 Å². The van der Waals surface area contributed by atoms with Crippen LogP contribution in [0.2, 0.25) is 0 Å². The molecule has 0 aliphatic rings. The Balaban J connectivity index is 4.87. The summed E-state index contributed by atoms with van der Waals surface area (Å²) in [6.07, 6.45) is 4.00. The molecular formula is C12H23NO. The van der Waals surface area contributed by atoms with Crippen LogP contribution in [-0.4, -0.2) is 10.7 Å². The van der Waals surface area contributed by atoms with E-state index in [0.717, 1.165) is 25.7 Å². The quantitative estimate of drug-likeness (QED) is 0.710. The van der Waals surface area contributed by atoms with Crippen molar-refractivity contribution in [3.8, 4) is 6.07 Å². The molecule has 0 aliphatic heterocycles. The summed E-state index contributed by atoms with van der Waals surface area (Å²) in [7, 11) is 0. The molecule has 0 aromatic rings. The van der Waals surface area contributed by atoms with E-state index in [1.165, 1.54) is 0 Å². The molecule has 82 valence electrons. The van der Waals surface area contributed by atoms with E-state index in [4.69, 9.17) is 5.26 Å². The molecule has 0 saturated carbocycles. The van der Waals surface area contributed by atoms with E-state index in [9.17, 15) is 5.11 Å². The van der Waals surface area contributed by atoms with Gasteiger partial charge in [0.05, 0.1) is 17.1 Å². The van der Waals surface area contributed by atoms with E-state index in [1.807, 2.05) is 27.7 Å². The maximum absolute atomic E-state index is 10.5. The molecule has 0 saturated heterocycles. The molecule has 0 spiro atoms. The molecule has 1 unspecified atom stereocenters. The number of hydrogen-bond donors (Lipinski definition) is 1. The van der Waals surface area contributed by atoms with Crippen molar-refractivity contribution in [2.45, 2.75) is 65.4 Å². The lowest BCUT2D eigenvalue weighted by atomic mass is 9.68. The topological polar surface area (TPSA) is 44.0 Å². The second-order valence-corrected chi connectivity index (χ2v) is 4.33. The van der Waals surface area contributed by atoms with E-state index in [1.54, 1.807) is 0 Å². The third-order valence-electron chi connectivity index (χ3n) is 3.31. The van der Waals surface area contributed by atoms with Gasteiger partial charge in [0.15, 0.2) is 0 Å². The Morgan fingerprint density at radius 1 is 1.14 bits per heavy atom. The fraction of sp³-hybridized carbons (Fsp3) is 0.917.